The Labute approximate surface area is 128 Å². The third kappa shape index (κ3) is 6.04. The Balaban J connectivity index is 2.37. The molecule has 3 N–H and O–H groups in total. The lowest BCUT2D eigenvalue weighted by atomic mass is 9.88. The zero-order valence-electron chi connectivity index (χ0n) is 13.4. The van der Waals surface area contributed by atoms with Gasteiger partial charge in [0.25, 0.3) is 0 Å². The van der Waals surface area contributed by atoms with E-state index in [-0.39, 0.29) is 10.7 Å². The van der Waals surface area contributed by atoms with E-state index in [2.05, 4.69) is 25.4 Å². The van der Waals surface area contributed by atoms with Crippen LogP contribution in [-0.2, 0) is 4.79 Å². The Bertz CT molecular complexity index is 288. The summed E-state index contributed by atoms with van der Waals surface area (Å²) in [5, 5.41) is 3.17. The van der Waals surface area contributed by atoms with Crippen LogP contribution in [0.3, 0.4) is 0 Å². The summed E-state index contributed by atoms with van der Waals surface area (Å²) in [5.41, 5.74) is 5.78. The van der Waals surface area contributed by atoms with E-state index in [1.165, 1.54) is 32.1 Å². The van der Waals surface area contributed by atoms with E-state index >= 15 is 0 Å². The highest BCUT2D eigenvalue weighted by Gasteiger charge is 2.31. The molecule has 0 aromatic heterocycles. The lowest BCUT2D eigenvalue weighted by molar-refractivity contribution is -0.122. The van der Waals surface area contributed by atoms with Gasteiger partial charge in [0.2, 0.25) is 5.91 Å². The standard InChI is InChI=1S/C16H32N2OS/c1-13(2)9-14(11-17)10-15(19)18-12-16(20-3)7-5-4-6-8-16/h13-14H,4-12,17H2,1-3H3,(H,18,19)/t14-/m0/s1. The lowest BCUT2D eigenvalue weighted by Crippen LogP contribution is -2.42. The monoisotopic (exact) mass is 300 g/mol. The quantitative estimate of drug-likeness (QED) is 0.724. The number of rotatable bonds is 8. The van der Waals surface area contributed by atoms with Gasteiger partial charge in [0.15, 0.2) is 0 Å². The summed E-state index contributed by atoms with van der Waals surface area (Å²) in [4.78, 5) is 12.1. The van der Waals surface area contributed by atoms with Crippen LogP contribution in [-0.4, -0.2) is 30.0 Å². The van der Waals surface area contributed by atoms with E-state index in [1.54, 1.807) is 0 Å². The molecule has 0 aromatic rings. The van der Waals surface area contributed by atoms with Crippen molar-refractivity contribution in [3.63, 3.8) is 0 Å². The molecule has 0 aromatic carbocycles. The van der Waals surface area contributed by atoms with Crippen molar-refractivity contribution in [2.45, 2.75) is 63.5 Å². The number of carbonyl (C=O) groups is 1. The molecule has 0 saturated heterocycles. The van der Waals surface area contributed by atoms with Crippen LogP contribution in [0.1, 0.15) is 58.8 Å². The fraction of sp³-hybridized carbons (Fsp3) is 0.938. The summed E-state index contributed by atoms with van der Waals surface area (Å²) in [6.07, 6.45) is 10.2. The Morgan fingerprint density at radius 3 is 2.45 bits per heavy atom. The Kier molecular flexibility index (Phi) is 7.96. The van der Waals surface area contributed by atoms with E-state index in [4.69, 9.17) is 5.73 Å². The van der Waals surface area contributed by atoms with Crippen LogP contribution in [0.15, 0.2) is 0 Å². The third-order valence-corrected chi connectivity index (χ3v) is 5.84. The highest BCUT2D eigenvalue weighted by atomic mass is 32.2. The Morgan fingerprint density at radius 2 is 1.95 bits per heavy atom. The molecule has 0 bridgehead atoms. The van der Waals surface area contributed by atoms with Crippen molar-refractivity contribution in [3.8, 4) is 0 Å². The van der Waals surface area contributed by atoms with Gasteiger partial charge in [0.1, 0.15) is 0 Å². The van der Waals surface area contributed by atoms with Crippen molar-refractivity contribution in [1.82, 2.24) is 5.32 Å². The molecule has 4 heteroatoms. The first-order valence-corrected chi connectivity index (χ1v) is 9.25. The van der Waals surface area contributed by atoms with Crippen molar-refractivity contribution in [3.05, 3.63) is 0 Å². The van der Waals surface area contributed by atoms with Crippen LogP contribution in [0.4, 0.5) is 0 Å². The van der Waals surface area contributed by atoms with Gasteiger partial charge in [-0.3, -0.25) is 4.79 Å². The van der Waals surface area contributed by atoms with Gasteiger partial charge in [0, 0.05) is 17.7 Å². The minimum absolute atomic E-state index is 0.181. The predicted octanol–water partition coefficient (Wildman–Crippen LogP) is 3.18. The zero-order chi connectivity index (χ0) is 15.0. The van der Waals surface area contributed by atoms with Crippen LogP contribution in [0.2, 0.25) is 0 Å². The number of nitrogens with two attached hydrogens (primary N) is 1. The molecule has 0 aliphatic heterocycles. The summed E-state index contributed by atoms with van der Waals surface area (Å²) in [5.74, 6) is 1.11. The molecule has 0 unspecified atom stereocenters. The maximum absolute atomic E-state index is 12.1. The lowest BCUT2D eigenvalue weighted by Gasteiger charge is -2.36. The molecule has 1 rings (SSSR count). The molecule has 1 aliphatic rings. The van der Waals surface area contributed by atoms with Gasteiger partial charge in [-0.1, -0.05) is 33.1 Å². The van der Waals surface area contributed by atoms with Crippen LogP contribution in [0.5, 0.6) is 0 Å². The fourth-order valence-electron chi connectivity index (χ4n) is 3.17. The van der Waals surface area contributed by atoms with Crippen LogP contribution < -0.4 is 11.1 Å². The van der Waals surface area contributed by atoms with Crippen molar-refractivity contribution < 1.29 is 4.79 Å². The Hall–Kier alpha value is -0.220. The molecule has 1 atom stereocenters. The minimum atomic E-state index is 0.181. The van der Waals surface area contributed by atoms with Crippen LogP contribution in [0, 0.1) is 11.8 Å². The summed E-state index contributed by atoms with van der Waals surface area (Å²) >= 11 is 1.93. The zero-order valence-corrected chi connectivity index (χ0v) is 14.2. The average Bonchev–Trinajstić information content (AvgIpc) is 2.45. The largest absolute Gasteiger partial charge is 0.355 e. The highest BCUT2D eigenvalue weighted by Crippen LogP contribution is 2.37. The smallest absolute Gasteiger partial charge is 0.220 e. The molecule has 0 spiro atoms. The number of nitrogens with one attached hydrogen (secondary N) is 1. The molecule has 1 saturated carbocycles. The first-order valence-electron chi connectivity index (χ1n) is 8.03. The molecule has 1 fully saturated rings. The van der Waals surface area contributed by atoms with Crippen molar-refractivity contribution in [2.24, 2.45) is 17.6 Å². The number of amides is 1. The van der Waals surface area contributed by atoms with Gasteiger partial charge < -0.3 is 11.1 Å². The second kappa shape index (κ2) is 8.93. The van der Waals surface area contributed by atoms with Crippen molar-refractivity contribution >= 4 is 17.7 Å². The maximum Gasteiger partial charge on any atom is 0.220 e. The second-order valence-corrected chi connectivity index (χ2v) is 7.93. The topological polar surface area (TPSA) is 55.1 Å². The number of hydrogen-bond donors (Lipinski definition) is 2. The normalized spacial score (nSPS) is 19.9. The van der Waals surface area contributed by atoms with E-state index in [0.717, 1.165) is 13.0 Å². The number of thioether (sulfide) groups is 1. The highest BCUT2D eigenvalue weighted by molar-refractivity contribution is 8.00. The van der Waals surface area contributed by atoms with Crippen LogP contribution >= 0.6 is 11.8 Å². The van der Waals surface area contributed by atoms with Gasteiger partial charge in [-0.25, -0.2) is 0 Å². The molecule has 118 valence electrons. The summed E-state index contributed by atoms with van der Waals surface area (Å²) in [6, 6.07) is 0. The molecule has 20 heavy (non-hydrogen) atoms. The Morgan fingerprint density at radius 1 is 1.30 bits per heavy atom. The van der Waals surface area contributed by atoms with Crippen molar-refractivity contribution in [2.75, 3.05) is 19.3 Å². The second-order valence-electron chi connectivity index (χ2n) is 6.66. The first-order chi connectivity index (χ1) is 9.51. The van der Waals surface area contributed by atoms with Crippen molar-refractivity contribution in [1.29, 1.82) is 0 Å². The molecule has 0 radical (unpaired) electrons. The molecule has 1 aliphatic carbocycles. The molecular weight excluding hydrogens is 268 g/mol. The summed E-state index contributed by atoms with van der Waals surface area (Å²) in [6.45, 7) is 5.81. The first kappa shape index (κ1) is 17.8. The maximum atomic E-state index is 12.1. The molecular formula is C16H32N2OS. The van der Waals surface area contributed by atoms with Gasteiger partial charge >= 0.3 is 0 Å². The summed E-state index contributed by atoms with van der Waals surface area (Å²) in [7, 11) is 0. The summed E-state index contributed by atoms with van der Waals surface area (Å²) < 4.78 is 0.282. The minimum Gasteiger partial charge on any atom is -0.355 e. The van der Waals surface area contributed by atoms with Gasteiger partial charge in [-0.05, 0) is 43.9 Å². The van der Waals surface area contributed by atoms with Gasteiger partial charge in [-0.2, -0.15) is 11.8 Å². The van der Waals surface area contributed by atoms with E-state index < -0.39 is 0 Å². The molecule has 1 amide bonds. The van der Waals surface area contributed by atoms with Crippen LogP contribution in [0.25, 0.3) is 0 Å². The van der Waals surface area contributed by atoms with E-state index in [9.17, 15) is 4.79 Å². The van der Waals surface area contributed by atoms with Gasteiger partial charge in [-0.15, -0.1) is 0 Å². The van der Waals surface area contributed by atoms with Gasteiger partial charge in [0.05, 0.1) is 0 Å². The third-order valence-electron chi connectivity index (χ3n) is 4.42. The molecule has 0 heterocycles. The predicted molar refractivity (Wildman–Crippen MR) is 89.0 cm³/mol. The fourth-order valence-corrected chi connectivity index (χ4v) is 4.09. The number of hydrogen-bond acceptors (Lipinski definition) is 3. The van der Waals surface area contributed by atoms with E-state index in [1.807, 2.05) is 11.8 Å². The SMILES string of the molecule is CSC1(CNC(=O)C[C@@H](CN)CC(C)C)CCCCC1. The van der Waals surface area contributed by atoms with E-state index in [0.29, 0.717) is 24.8 Å². The average molecular weight is 301 g/mol. The number of carbonyl (C=O) groups excluding carboxylic acids is 1. The molecule has 3 nitrogen and oxygen atoms in total.